The average Bonchev–Trinajstić information content (AvgIpc) is 2.41. The minimum atomic E-state index is -3.65. The summed E-state index contributed by atoms with van der Waals surface area (Å²) in [5, 5.41) is 0.440. The third-order valence-electron chi connectivity index (χ3n) is 2.44. The molecular formula is C12H12ClN3O2S. The van der Waals surface area contributed by atoms with Crippen LogP contribution in [-0.2, 0) is 16.6 Å². The van der Waals surface area contributed by atoms with E-state index in [4.69, 9.17) is 17.3 Å². The lowest BCUT2D eigenvalue weighted by atomic mass is 10.2. The number of hydrogen-bond donors (Lipinski definition) is 2. The molecule has 0 atom stereocenters. The molecule has 0 radical (unpaired) electrons. The molecule has 0 aliphatic heterocycles. The predicted octanol–water partition coefficient (Wildman–Crippen LogP) is 1.99. The molecular weight excluding hydrogens is 286 g/mol. The summed E-state index contributed by atoms with van der Waals surface area (Å²) in [5.74, 6) is 0.215. The summed E-state index contributed by atoms with van der Waals surface area (Å²) in [6.45, 7) is 0.368. The van der Waals surface area contributed by atoms with Gasteiger partial charge in [-0.25, -0.2) is 13.4 Å². The lowest BCUT2D eigenvalue weighted by molar-refractivity contribution is 0.601. The van der Waals surface area contributed by atoms with Crippen molar-refractivity contribution in [3.05, 3.63) is 53.2 Å². The number of anilines is 1. The van der Waals surface area contributed by atoms with Crippen LogP contribution in [0.1, 0.15) is 5.56 Å². The highest BCUT2D eigenvalue weighted by Crippen LogP contribution is 2.16. The lowest BCUT2D eigenvalue weighted by Crippen LogP contribution is -2.14. The molecule has 0 aliphatic rings. The van der Waals surface area contributed by atoms with Crippen LogP contribution >= 0.6 is 11.6 Å². The monoisotopic (exact) mass is 297 g/mol. The molecule has 2 rings (SSSR count). The van der Waals surface area contributed by atoms with Crippen molar-refractivity contribution in [2.45, 2.75) is 11.4 Å². The Balaban J connectivity index is 2.24. The molecule has 19 heavy (non-hydrogen) atoms. The van der Waals surface area contributed by atoms with Gasteiger partial charge in [0.15, 0.2) is 0 Å². The molecule has 7 heteroatoms. The normalized spacial score (nSPS) is 11.3. The molecule has 5 nitrogen and oxygen atoms in total. The van der Waals surface area contributed by atoms with Crippen molar-refractivity contribution in [1.29, 1.82) is 0 Å². The van der Waals surface area contributed by atoms with Gasteiger partial charge in [0.05, 0.1) is 9.92 Å². The molecule has 0 saturated carbocycles. The number of hydrogen-bond acceptors (Lipinski definition) is 4. The average molecular weight is 298 g/mol. The molecule has 1 heterocycles. The molecule has 100 valence electrons. The quantitative estimate of drug-likeness (QED) is 0.904. The van der Waals surface area contributed by atoms with Gasteiger partial charge in [-0.2, -0.15) is 0 Å². The van der Waals surface area contributed by atoms with Crippen LogP contribution in [0.15, 0.2) is 47.5 Å². The predicted molar refractivity (Wildman–Crippen MR) is 74.4 cm³/mol. The summed E-state index contributed by atoms with van der Waals surface area (Å²) < 4.78 is 26.5. The maximum Gasteiger partial charge on any atom is 0.263 e. The van der Waals surface area contributed by atoms with Crippen LogP contribution in [-0.4, -0.2) is 13.4 Å². The highest BCUT2D eigenvalue weighted by Gasteiger charge is 2.14. The van der Waals surface area contributed by atoms with Gasteiger partial charge in [-0.15, -0.1) is 0 Å². The molecule has 1 aromatic carbocycles. The summed E-state index contributed by atoms with van der Waals surface area (Å²) in [6.07, 6.45) is 1.37. The van der Waals surface area contributed by atoms with E-state index in [2.05, 4.69) is 9.71 Å². The molecule has 0 bridgehead atoms. The molecule has 0 fully saturated rings. The van der Waals surface area contributed by atoms with Gasteiger partial charge in [-0.1, -0.05) is 23.7 Å². The van der Waals surface area contributed by atoms with E-state index < -0.39 is 10.0 Å². The Morgan fingerprint density at radius 3 is 2.37 bits per heavy atom. The minimum Gasteiger partial charge on any atom is -0.326 e. The molecule has 0 amide bonds. The Bertz CT molecular complexity index is 654. The second kappa shape index (κ2) is 5.56. The van der Waals surface area contributed by atoms with E-state index in [-0.39, 0.29) is 10.7 Å². The zero-order valence-corrected chi connectivity index (χ0v) is 11.4. The number of nitrogens with zero attached hydrogens (tertiary/aromatic N) is 1. The first-order valence-electron chi connectivity index (χ1n) is 5.44. The van der Waals surface area contributed by atoms with E-state index in [9.17, 15) is 8.42 Å². The molecule has 0 unspecified atom stereocenters. The van der Waals surface area contributed by atoms with E-state index in [0.717, 1.165) is 5.56 Å². The maximum atomic E-state index is 12.1. The van der Waals surface area contributed by atoms with Gasteiger partial charge >= 0.3 is 0 Å². The summed E-state index contributed by atoms with van der Waals surface area (Å²) in [6, 6.07) is 9.40. The van der Waals surface area contributed by atoms with Gasteiger partial charge in [0.25, 0.3) is 10.0 Å². The SMILES string of the molecule is NCc1ccc(S(=O)(=O)Nc2ccc(Cl)cn2)cc1. The zero-order chi connectivity index (χ0) is 13.9. The van der Waals surface area contributed by atoms with Crippen molar-refractivity contribution < 1.29 is 8.42 Å². The van der Waals surface area contributed by atoms with Gasteiger partial charge < -0.3 is 5.73 Å². The van der Waals surface area contributed by atoms with Crippen molar-refractivity contribution in [2.24, 2.45) is 5.73 Å². The minimum absolute atomic E-state index is 0.154. The molecule has 1 aromatic heterocycles. The number of benzene rings is 1. The molecule has 3 N–H and O–H groups in total. The number of sulfonamides is 1. The second-order valence-corrected chi connectivity index (χ2v) is 5.93. The van der Waals surface area contributed by atoms with E-state index in [1.54, 1.807) is 18.2 Å². The van der Waals surface area contributed by atoms with Crippen molar-refractivity contribution in [3.63, 3.8) is 0 Å². The maximum absolute atomic E-state index is 12.1. The third-order valence-corrected chi connectivity index (χ3v) is 4.03. The lowest BCUT2D eigenvalue weighted by Gasteiger charge is -2.07. The molecule has 0 aliphatic carbocycles. The van der Waals surface area contributed by atoms with Crippen molar-refractivity contribution in [3.8, 4) is 0 Å². The Kier molecular flexibility index (Phi) is 4.04. The zero-order valence-electron chi connectivity index (χ0n) is 9.88. The van der Waals surface area contributed by atoms with Crippen molar-refractivity contribution in [2.75, 3.05) is 4.72 Å². The Morgan fingerprint density at radius 1 is 1.16 bits per heavy atom. The standard InChI is InChI=1S/C12H12ClN3O2S/c13-10-3-6-12(15-8-10)16-19(17,18)11-4-1-9(7-14)2-5-11/h1-6,8H,7,14H2,(H,15,16). The van der Waals surface area contributed by atoms with Crippen LogP contribution < -0.4 is 10.5 Å². The first kappa shape index (κ1) is 13.8. The van der Waals surface area contributed by atoms with Gasteiger partial charge in [-0.05, 0) is 29.8 Å². The van der Waals surface area contributed by atoms with Crippen LogP contribution in [0.25, 0.3) is 0 Å². The van der Waals surface area contributed by atoms with Crippen LogP contribution in [0.2, 0.25) is 5.02 Å². The van der Waals surface area contributed by atoms with Crippen LogP contribution in [0.3, 0.4) is 0 Å². The van der Waals surface area contributed by atoms with E-state index >= 15 is 0 Å². The topological polar surface area (TPSA) is 85.1 Å². The summed E-state index contributed by atoms with van der Waals surface area (Å²) in [7, 11) is -3.65. The summed E-state index contributed by atoms with van der Waals surface area (Å²) >= 11 is 5.68. The van der Waals surface area contributed by atoms with E-state index in [1.807, 2.05) is 0 Å². The van der Waals surface area contributed by atoms with E-state index in [0.29, 0.717) is 11.6 Å². The Labute approximate surface area is 116 Å². The summed E-state index contributed by atoms with van der Waals surface area (Å²) in [5.41, 5.74) is 6.32. The fourth-order valence-corrected chi connectivity index (χ4v) is 2.56. The largest absolute Gasteiger partial charge is 0.326 e. The van der Waals surface area contributed by atoms with Gasteiger partial charge in [0.2, 0.25) is 0 Å². The number of pyridine rings is 1. The fraction of sp³-hybridized carbons (Fsp3) is 0.0833. The Morgan fingerprint density at radius 2 is 1.84 bits per heavy atom. The smallest absolute Gasteiger partial charge is 0.263 e. The van der Waals surface area contributed by atoms with Gasteiger partial charge in [-0.3, -0.25) is 4.72 Å². The number of aromatic nitrogens is 1. The number of nitrogens with two attached hydrogens (primary N) is 1. The fourth-order valence-electron chi connectivity index (χ4n) is 1.44. The first-order chi connectivity index (χ1) is 9.01. The van der Waals surface area contributed by atoms with Gasteiger partial charge in [0, 0.05) is 12.7 Å². The number of halogens is 1. The second-order valence-electron chi connectivity index (χ2n) is 3.82. The van der Waals surface area contributed by atoms with Crippen molar-refractivity contribution in [1.82, 2.24) is 4.98 Å². The Hall–Kier alpha value is -1.63. The van der Waals surface area contributed by atoms with Crippen LogP contribution in [0.4, 0.5) is 5.82 Å². The molecule has 0 spiro atoms. The molecule has 0 saturated heterocycles. The van der Waals surface area contributed by atoms with Gasteiger partial charge in [0.1, 0.15) is 5.82 Å². The van der Waals surface area contributed by atoms with E-state index in [1.165, 1.54) is 24.4 Å². The van der Waals surface area contributed by atoms with Crippen molar-refractivity contribution >= 4 is 27.4 Å². The third kappa shape index (κ3) is 3.44. The van der Waals surface area contributed by atoms with Crippen LogP contribution in [0, 0.1) is 0 Å². The highest BCUT2D eigenvalue weighted by atomic mass is 35.5. The highest BCUT2D eigenvalue weighted by molar-refractivity contribution is 7.92. The number of nitrogens with one attached hydrogen (secondary N) is 1. The molecule has 2 aromatic rings. The van der Waals surface area contributed by atoms with Crippen LogP contribution in [0.5, 0.6) is 0 Å². The number of rotatable bonds is 4. The summed E-state index contributed by atoms with van der Waals surface area (Å²) in [4.78, 5) is 4.03. The first-order valence-corrected chi connectivity index (χ1v) is 7.31.